The van der Waals surface area contributed by atoms with Crippen LogP contribution in [-0.2, 0) is 12.8 Å². The zero-order chi connectivity index (χ0) is 34.3. The van der Waals surface area contributed by atoms with Gasteiger partial charge in [0.1, 0.15) is 0 Å². The van der Waals surface area contributed by atoms with Crippen LogP contribution in [0.3, 0.4) is 0 Å². The molecule has 0 spiro atoms. The van der Waals surface area contributed by atoms with Gasteiger partial charge in [-0.2, -0.15) is 0 Å². The van der Waals surface area contributed by atoms with Crippen LogP contribution in [0, 0.1) is 35.5 Å². The van der Waals surface area contributed by atoms with E-state index in [1.165, 1.54) is 183 Å². The molecule has 4 aliphatic rings. The molecule has 0 aliphatic heterocycles. The molecule has 2 aromatic heterocycles. The Balaban J connectivity index is 0.000000191. The Morgan fingerprint density at radius 3 is 1.14 bits per heavy atom. The van der Waals surface area contributed by atoms with E-state index in [-0.39, 0.29) is 0 Å². The van der Waals surface area contributed by atoms with Crippen LogP contribution < -0.4 is 0 Å². The third kappa shape index (κ3) is 11.9. The zero-order valence-corrected chi connectivity index (χ0v) is 32.7. The Morgan fingerprint density at radius 1 is 0.429 bits per heavy atom. The molecule has 0 saturated heterocycles. The lowest BCUT2D eigenvalue weighted by molar-refractivity contribution is 0.155. The second kappa shape index (κ2) is 21.0. The summed E-state index contributed by atoms with van der Waals surface area (Å²) < 4.78 is 0. The van der Waals surface area contributed by atoms with Gasteiger partial charge in [0.25, 0.3) is 0 Å². The number of pyridine rings is 2. The molecule has 0 radical (unpaired) electrons. The van der Waals surface area contributed by atoms with Crippen molar-refractivity contribution in [2.24, 2.45) is 35.5 Å². The van der Waals surface area contributed by atoms with Crippen LogP contribution >= 0.6 is 0 Å². The van der Waals surface area contributed by atoms with E-state index in [0.717, 1.165) is 47.3 Å². The zero-order valence-electron chi connectivity index (χ0n) is 32.7. The molecule has 274 valence electrons. The summed E-state index contributed by atoms with van der Waals surface area (Å²) in [7, 11) is 0. The van der Waals surface area contributed by atoms with Gasteiger partial charge >= 0.3 is 0 Å². The highest BCUT2D eigenvalue weighted by atomic mass is 14.7. The lowest BCUT2D eigenvalue weighted by atomic mass is 9.68. The summed E-state index contributed by atoms with van der Waals surface area (Å²) in [6.07, 6.45) is 39.6. The number of hydrogen-bond acceptors (Lipinski definition) is 2. The Kier molecular flexibility index (Phi) is 16.5. The molecule has 49 heavy (non-hydrogen) atoms. The van der Waals surface area contributed by atoms with E-state index < -0.39 is 0 Å². The van der Waals surface area contributed by atoms with Gasteiger partial charge in [-0.15, -0.1) is 0 Å². The van der Waals surface area contributed by atoms with Crippen LogP contribution in [0.5, 0.6) is 0 Å². The van der Waals surface area contributed by atoms with Crippen LogP contribution in [0.25, 0.3) is 0 Å². The summed E-state index contributed by atoms with van der Waals surface area (Å²) in [6.45, 7) is 9.16. The van der Waals surface area contributed by atoms with Gasteiger partial charge < -0.3 is 0 Å². The van der Waals surface area contributed by atoms with Crippen molar-refractivity contribution in [3.05, 3.63) is 59.2 Å². The van der Waals surface area contributed by atoms with E-state index in [9.17, 15) is 0 Å². The van der Waals surface area contributed by atoms with Crippen LogP contribution in [0.1, 0.15) is 210 Å². The van der Waals surface area contributed by atoms with Crippen molar-refractivity contribution in [2.45, 2.75) is 200 Å². The molecule has 4 aliphatic carbocycles. The fraction of sp³-hybridized carbons (Fsp3) is 0.787. The van der Waals surface area contributed by atoms with E-state index in [4.69, 9.17) is 9.97 Å². The highest BCUT2D eigenvalue weighted by Gasteiger charge is 2.33. The van der Waals surface area contributed by atoms with Gasteiger partial charge in [-0.3, -0.25) is 9.97 Å². The van der Waals surface area contributed by atoms with Gasteiger partial charge in [0.2, 0.25) is 0 Å². The van der Waals surface area contributed by atoms with Gasteiger partial charge in [-0.1, -0.05) is 110 Å². The first kappa shape index (κ1) is 38.5. The third-order valence-corrected chi connectivity index (χ3v) is 13.9. The normalized spacial score (nSPS) is 30.7. The standard InChI is InChI=1S/C24H39N.C23H37N/c1-3-5-7-19-8-11-21(12-9-19)22-13-15-23(16-14-22)24-17-10-20(6-4-2)18-25-24;1-3-5-18-7-10-20(11-8-18)21-12-14-22(15-13-21)23-16-9-19(6-4-2)17-24-23/h10,17-19,21-23H,3-9,11-16H2,1-2H3;9,16-18,20-22H,3-8,10-15H2,1-2H3/t19-,21-,22-,23-;18-,20-,21-,22-. The van der Waals surface area contributed by atoms with Crippen LogP contribution in [0.15, 0.2) is 36.7 Å². The first-order chi connectivity index (χ1) is 24.1. The Labute approximate surface area is 303 Å². The van der Waals surface area contributed by atoms with Crippen LogP contribution in [-0.4, -0.2) is 9.97 Å². The van der Waals surface area contributed by atoms with Gasteiger partial charge in [0.05, 0.1) is 0 Å². The molecule has 0 atom stereocenters. The van der Waals surface area contributed by atoms with Gasteiger partial charge in [-0.05, 0) is 149 Å². The largest absolute Gasteiger partial charge is 0.261 e. The summed E-state index contributed by atoms with van der Waals surface area (Å²) in [5.41, 5.74) is 5.53. The summed E-state index contributed by atoms with van der Waals surface area (Å²) in [5.74, 6) is 7.68. The number of aryl methyl sites for hydroxylation is 2. The number of nitrogens with zero attached hydrogens (tertiary/aromatic N) is 2. The molecule has 2 nitrogen and oxygen atoms in total. The second-order valence-electron chi connectivity index (χ2n) is 17.4. The van der Waals surface area contributed by atoms with Crippen molar-refractivity contribution in [1.29, 1.82) is 0 Å². The Morgan fingerprint density at radius 2 is 0.816 bits per heavy atom. The topological polar surface area (TPSA) is 25.8 Å². The van der Waals surface area contributed by atoms with Crippen molar-refractivity contribution in [3.8, 4) is 0 Å². The highest BCUT2D eigenvalue weighted by Crippen LogP contribution is 2.45. The maximum Gasteiger partial charge on any atom is 0.0434 e. The molecule has 4 saturated carbocycles. The van der Waals surface area contributed by atoms with E-state index in [1.807, 2.05) is 0 Å². The number of aromatic nitrogens is 2. The fourth-order valence-electron chi connectivity index (χ4n) is 10.8. The predicted molar refractivity (Wildman–Crippen MR) is 211 cm³/mol. The minimum absolute atomic E-state index is 0.729. The molecule has 0 amide bonds. The van der Waals surface area contributed by atoms with Crippen molar-refractivity contribution in [2.75, 3.05) is 0 Å². The van der Waals surface area contributed by atoms with Crippen LogP contribution in [0.2, 0.25) is 0 Å². The van der Waals surface area contributed by atoms with Crippen molar-refractivity contribution < 1.29 is 0 Å². The maximum atomic E-state index is 4.80. The van der Waals surface area contributed by atoms with Crippen LogP contribution in [0.4, 0.5) is 0 Å². The quantitative estimate of drug-likeness (QED) is 0.212. The Hall–Kier alpha value is -1.70. The molecular weight excluding hydrogens is 593 g/mol. The Bertz CT molecular complexity index is 1120. The summed E-state index contributed by atoms with van der Waals surface area (Å²) in [4.78, 5) is 9.59. The molecule has 0 unspecified atom stereocenters. The minimum atomic E-state index is 0.729. The molecule has 0 N–H and O–H groups in total. The van der Waals surface area contributed by atoms with E-state index in [2.05, 4.69) is 64.4 Å². The molecule has 0 bridgehead atoms. The number of rotatable bonds is 13. The molecule has 4 fully saturated rings. The van der Waals surface area contributed by atoms with Crippen molar-refractivity contribution in [1.82, 2.24) is 9.97 Å². The first-order valence-electron chi connectivity index (χ1n) is 22.0. The maximum absolute atomic E-state index is 4.80. The summed E-state index contributed by atoms with van der Waals surface area (Å²) >= 11 is 0. The van der Waals surface area contributed by atoms with E-state index >= 15 is 0 Å². The lowest BCUT2D eigenvalue weighted by Crippen LogP contribution is -2.25. The second-order valence-corrected chi connectivity index (χ2v) is 17.4. The summed E-state index contributed by atoms with van der Waals surface area (Å²) in [5, 5.41) is 0. The van der Waals surface area contributed by atoms with E-state index in [0.29, 0.717) is 0 Å². The molecule has 2 heteroatoms. The third-order valence-electron chi connectivity index (χ3n) is 13.9. The number of hydrogen-bond donors (Lipinski definition) is 0. The monoisotopic (exact) mass is 669 g/mol. The number of unbranched alkanes of at least 4 members (excludes halogenated alkanes) is 1. The molecular formula is C47H76N2. The van der Waals surface area contributed by atoms with Crippen molar-refractivity contribution >= 4 is 0 Å². The van der Waals surface area contributed by atoms with Crippen molar-refractivity contribution in [3.63, 3.8) is 0 Å². The van der Waals surface area contributed by atoms with Gasteiger partial charge in [0, 0.05) is 35.6 Å². The molecule has 0 aromatic carbocycles. The lowest BCUT2D eigenvalue weighted by Gasteiger charge is -2.37. The average Bonchev–Trinajstić information content (AvgIpc) is 3.16. The summed E-state index contributed by atoms with van der Waals surface area (Å²) in [6, 6.07) is 9.25. The first-order valence-corrected chi connectivity index (χ1v) is 22.0. The van der Waals surface area contributed by atoms with Gasteiger partial charge in [-0.25, -0.2) is 0 Å². The molecule has 6 rings (SSSR count). The highest BCUT2D eigenvalue weighted by molar-refractivity contribution is 5.18. The average molecular weight is 669 g/mol. The fourth-order valence-corrected chi connectivity index (χ4v) is 10.8. The predicted octanol–water partition coefficient (Wildman–Crippen LogP) is 14.2. The SMILES string of the molecule is CCCC[C@H]1CC[C@H]([C@H]2CC[C@H](c3ccc(CCC)cn3)CC2)CC1.CCCc1ccc([C@H]2CC[C@H]([C@H]3CC[C@H](CCC)CC3)CC2)nc1. The minimum Gasteiger partial charge on any atom is -0.261 e. The molecule has 2 aromatic rings. The van der Waals surface area contributed by atoms with E-state index in [1.54, 1.807) is 0 Å². The smallest absolute Gasteiger partial charge is 0.0434 e. The van der Waals surface area contributed by atoms with Gasteiger partial charge in [0.15, 0.2) is 0 Å². The molecule has 2 heterocycles.